The van der Waals surface area contributed by atoms with E-state index in [1.165, 1.54) is 25.7 Å². The monoisotopic (exact) mass is 238 g/mol. The van der Waals surface area contributed by atoms with Gasteiger partial charge in [0.15, 0.2) is 0 Å². The molecule has 2 nitrogen and oxygen atoms in total. The van der Waals surface area contributed by atoms with Crippen molar-refractivity contribution in [2.24, 2.45) is 11.8 Å². The molecule has 2 unspecified atom stereocenters. The molecule has 2 heteroatoms. The maximum atomic E-state index is 11.1. The van der Waals surface area contributed by atoms with E-state index in [-0.39, 0.29) is 5.97 Å². The van der Waals surface area contributed by atoms with Gasteiger partial charge in [-0.1, -0.05) is 32.6 Å². The molecular weight excluding hydrogens is 212 g/mol. The minimum atomic E-state index is -0.0444. The van der Waals surface area contributed by atoms with Gasteiger partial charge in [-0.25, -0.2) is 0 Å². The first-order chi connectivity index (χ1) is 8.26. The van der Waals surface area contributed by atoms with Crippen LogP contribution in [0.2, 0.25) is 0 Å². The van der Waals surface area contributed by atoms with E-state index >= 15 is 0 Å². The molecule has 0 spiro atoms. The molecule has 1 aliphatic rings. The lowest BCUT2D eigenvalue weighted by Gasteiger charge is -2.09. The third-order valence-electron chi connectivity index (χ3n) is 3.61. The number of carbonyl (C=O) groups excluding carboxylic acids is 1. The van der Waals surface area contributed by atoms with Crippen molar-refractivity contribution in [1.82, 2.24) is 0 Å². The summed E-state index contributed by atoms with van der Waals surface area (Å²) in [5.74, 6) is 1.60. The van der Waals surface area contributed by atoms with Gasteiger partial charge in [-0.15, -0.1) is 0 Å². The number of unbranched alkanes of at least 4 members (excludes halogenated alkanes) is 2. The Morgan fingerprint density at radius 2 is 2.24 bits per heavy atom. The molecule has 0 aliphatic heterocycles. The van der Waals surface area contributed by atoms with Crippen LogP contribution in [0.5, 0.6) is 0 Å². The van der Waals surface area contributed by atoms with Gasteiger partial charge in [0.25, 0.3) is 0 Å². The molecule has 1 saturated carbocycles. The van der Waals surface area contributed by atoms with Crippen LogP contribution >= 0.6 is 0 Å². The molecule has 0 aromatic rings. The first kappa shape index (κ1) is 14.5. The van der Waals surface area contributed by atoms with Crippen molar-refractivity contribution in [1.29, 1.82) is 0 Å². The van der Waals surface area contributed by atoms with Crippen molar-refractivity contribution < 1.29 is 9.53 Å². The van der Waals surface area contributed by atoms with Gasteiger partial charge in [0, 0.05) is 6.42 Å². The number of rotatable bonds is 8. The maximum absolute atomic E-state index is 11.1. The summed E-state index contributed by atoms with van der Waals surface area (Å²) in [5.41, 5.74) is 0. The second-order valence-corrected chi connectivity index (χ2v) is 5.03. The van der Waals surface area contributed by atoms with E-state index in [9.17, 15) is 4.79 Å². The van der Waals surface area contributed by atoms with Gasteiger partial charge >= 0.3 is 5.97 Å². The number of hydrogen-bond acceptors (Lipinski definition) is 2. The molecule has 0 aromatic carbocycles. The third-order valence-corrected chi connectivity index (χ3v) is 3.61. The number of ether oxygens (including phenoxy) is 1. The Hall–Kier alpha value is -0.530. The highest BCUT2D eigenvalue weighted by atomic mass is 16.5. The highest BCUT2D eigenvalue weighted by molar-refractivity contribution is 5.69. The Labute approximate surface area is 106 Å². The predicted octanol–water partition coefficient (Wildman–Crippen LogP) is 3.95. The Morgan fingerprint density at radius 1 is 1.41 bits per heavy atom. The minimum Gasteiger partial charge on any atom is -0.466 e. The molecule has 98 valence electrons. The summed E-state index contributed by atoms with van der Waals surface area (Å²) >= 11 is 0. The molecule has 0 aromatic heterocycles. The smallest absolute Gasteiger partial charge is 0.305 e. The maximum Gasteiger partial charge on any atom is 0.305 e. The van der Waals surface area contributed by atoms with E-state index in [1.807, 2.05) is 6.92 Å². The van der Waals surface area contributed by atoms with E-state index in [1.54, 1.807) is 0 Å². The van der Waals surface area contributed by atoms with E-state index in [0.717, 1.165) is 31.1 Å². The van der Waals surface area contributed by atoms with E-state index in [2.05, 4.69) is 13.3 Å². The normalized spacial score (nSPS) is 23.9. The second-order valence-electron chi connectivity index (χ2n) is 5.03. The quantitative estimate of drug-likeness (QED) is 0.472. The zero-order chi connectivity index (χ0) is 12.5. The first-order valence-electron chi connectivity index (χ1n) is 7.04. The van der Waals surface area contributed by atoms with Crippen LogP contribution in [0.3, 0.4) is 0 Å². The first-order valence-corrected chi connectivity index (χ1v) is 7.04. The SMILES string of the molecule is [CH2]CC1C[CH]C(CCCCCC(=O)OCC)C1. The molecule has 1 aliphatic carbocycles. The van der Waals surface area contributed by atoms with Crippen LogP contribution in [0.15, 0.2) is 0 Å². The van der Waals surface area contributed by atoms with Gasteiger partial charge < -0.3 is 4.74 Å². The Morgan fingerprint density at radius 3 is 2.88 bits per heavy atom. The molecule has 0 bridgehead atoms. The fourth-order valence-electron chi connectivity index (χ4n) is 2.56. The summed E-state index contributed by atoms with van der Waals surface area (Å²) in [4.78, 5) is 11.1. The fourth-order valence-corrected chi connectivity index (χ4v) is 2.56. The zero-order valence-electron chi connectivity index (χ0n) is 11.1. The van der Waals surface area contributed by atoms with Crippen LogP contribution in [0.25, 0.3) is 0 Å². The van der Waals surface area contributed by atoms with Crippen molar-refractivity contribution in [3.63, 3.8) is 0 Å². The summed E-state index contributed by atoms with van der Waals surface area (Å²) in [6.07, 6.45) is 11.4. The van der Waals surface area contributed by atoms with E-state index in [0.29, 0.717) is 13.0 Å². The summed E-state index contributed by atoms with van der Waals surface area (Å²) in [6, 6.07) is 0. The molecule has 0 heterocycles. The lowest BCUT2D eigenvalue weighted by atomic mass is 9.97. The van der Waals surface area contributed by atoms with E-state index in [4.69, 9.17) is 4.74 Å². The largest absolute Gasteiger partial charge is 0.466 e. The van der Waals surface area contributed by atoms with E-state index < -0.39 is 0 Å². The lowest BCUT2D eigenvalue weighted by Crippen LogP contribution is -2.03. The molecule has 1 rings (SSSR count). The third kappa shape index (κ3) is 6.09. The van der Waals surface area contributed by atoms with Crippen molar-refractivity contribution >= 4 is 5.97 Å². The summed E-state index contributed by atoms with van der Waals surface area (Å²) in [7, 11) is 0. The number of esters is 1. The van der Waals surface area contributed by atoms with Gasteiger partial charge in [-0.3, -0.25) is 4.79 Å². The average Bonchev–Trinajstić information content (AvgIpc) is 2.77. The highest BCUT2D eigenvalue weighted by Gasteiger charge is 2.22. The molecule has 2 atom stereocenters. The Kier molecular flexibility index (Phi) is 7.30. The molecule has 1 fully saturated rings. The van der Waals surface area contributed by atoms with Gasteiger partial charge in [-0.2, -0.15) is 0 Å². The minimum absolute atomic E-state index is 0.0444. The van der Waals surface area contributed by atoms with Crippen molar-refractivity contribution in [2.75, 3.05) is 6.61 Å². The standard InChI is InChI=1S/C15H26O2/c1-3-13-10-11-14(12-13)8-6-5-7-9-15(16)17-4-2/h11,13-14H,1,3-10,12H2,2H3. The molecule has 17 heavy (non-hydrogen) atoms. The van der Waals surface area contributed by atoms with Crippen molar-refractivity contribution in [3.05, 3.63) is 13.3 Å². The van der Waals surface area contributed by atoms with Gasteiger partial charge in [0.05, 0.1) is 6.61 Å². The second kappa shape index (κ2) is 8.54. The number of hydrogen-bond donors (Lipinski definition) is 0. The van der Waals surface area contributed by atoms with Crippen LogP contribution in [0.4, 0.5) is 0 Å². The number of carbonyl (C=O) groups is 1. The summed E-state index contributed by atoms with van der Waals surface area (Å²) < 4.78 is 4.90. The highest BCUT2D eigenvalue weighted by Crippen LogP contribution is 2.34. The molecular formula is C15H26O2. The van der Waals surface area contributed by atoms with Crippen LogP contribution in [0.1, 0.15) is 58.3 Å². The average molecular weight is 238 g/mol. The molecule has 0 N–H and O–H groups in total. The van der Waals surface area contributed by atoms with Gasteiger partial charge in [-0.05, 0) is 44.4 Å². The van der Waals surface area contributed by atoms with Gasteiger partial charge in [0.2, 0.25) is 0 Å². The van der Waals surface area contributed by atoms with Gasteiger partial charge in [0.1, 0.15) is 0 Å². The molecule has 2 radical (unpaired) electrons. The topological polar surface area (TPSA) is 26.3 Å². The van der Waals surface area contributed by atoms with Crippen LogP contribution in [-0.4, -0.2) is 12.6 Å². The Bertz CT molecular complexity index is 213. The predicted molar refractivity (Wildman–Crippen MR) is 70.2 cm³/mol. The molecule has 0 amide bonds. The van der Waals surface area contributed by atoms with Crippen molar-refractivity contribution in [2.45, 2.75) is 58.3 Å². The van der Waals surface area contributed by atoms with Crippen molar-refractivity contribution in [3.8, 4) is 0 Å². The summed E-state index contributed by atoms with van der Waals surface area (Å²) in [6.45, 7) is 6.33. The van der Waals surface area contributed by atoms with Crippen LogP contribution < -0.4 is 0 Å². The van der Waals surface area contributed by atoms with Crippen LogP contribution in [-0.2, 0) is 9.53 Å². The van der Waals surface area contributed by atoms with Crippen LogP contribution in [0, 0.1) is 25.2 Å². The summed E-state index contributed by atoms with van der Waals surface area (Å²) in [5, 5.41) is 0. The Balaban J connectivity index is 1.92. The lowest BCUT2D eigenvalue weighted by molar-refractivity contribution is -0.143. The zero-order valence-corrected chi connectivity index (χ0v) is 11.1. The molecule has 0 saturated heterocycles. The fraction of sp³-hybridized carbons (Fsp3) is 0.800.